The SMILES string of the molecule is CCC(C)C(C)Nc1ncccc1OC(C)C. The van der Waals surface area contributed by atoms with Gasteiger partial charge in [-0.1, -0.05) is 20.3 Å². The van der Waals surface area contributed by atoms with E-state index in [0.29, 0.717) is 12.0 Å². The fraction of sp³-hybridized carbons (Fsp3) is 0.643. The van der Waals surface area contributed by atoms with Gasteiger partial charge in [-0.25, -0.2) is 4.98 Å². The van der Waals surface area contributed by atoms with Crippen LogP contribution in [0, 0.1) is 5.92 Å². The number of rotatable bonds is 6. The Morgan fingerprint density at radius 2 is 2.00 bits per heavy atom. The van der Waals surface area contributed by atoms with Crippen molar-refractivity contribution in [3.63, 3.8) is 0 Å². The molecule has 1 heterocycles. The molecule has 17 heavy (non-hydrogen) atoms. The smallest absolute Gasteiger partial charge is 0.168 e. The van der Waals surface area contributed by atoms with Crippen LogP contribution in [0.15, 0.2) is 18.3 Å². The van der Waals surface area contributed by atoms with Crippen molar-refractivity contribution in [3.05, 3.63) is 18.3 Å². The normalized spacial score (nSPS) is 14.5. The molecule has 0 radical (unpaired) electrons. The molecule has 0 amide bonds. The molecule has 2 unspecified atom stereocenters. The molecule has 0 aliphatic heterocycles. The van der Waals surface area contributed by atoms with E-state index in [4.69, 9.17) is 4.74 Å². The van der Waals surface area contributed by atoms with Crippen LogP contribution in [0.1, 0.15) is 41.0 Å². The van der Waals surface area contributed by atoms with E-state index < -0.39 is 0 Å². The predicted molar refractivity (Wildman–Crippen MR) is 72.5 cm³/mol. The summed E-state index contributed by atoms with van der Waals surface area (Å²) < 4.78 is 5.73. The Bertz CT molecular complexity index is 339. The first-order valence-corrected chi connectivity index (χ1v) is 6.42. The summed E-state index contributed by atoms with van der Waals surface area (Å²) in [6.07, 6.45) is 3.11. The molecule has 0 fully saturated rings. The molecule has 96 valence electrons. The number of hydrogen-bond donors (Lipinski definition) is 1. The average molecular weight is 236 g/mol. The zero-order valence-corrected chi connectivity index (χ0v) is 11.5. The second-order valence-electron chi connectivity index (χ2n) is 4.84. The Hall–Kier alpha value is -1.25. The third-order valence-corrected chi connectivity index (χ3v) is 3.00. The van der Waals surface area contributed by atoms with Gasteiger partial charge in [0.2, 0.25) is 0 Å². The Morgan fingerprint density at radius 1 is 1.29 bits per heavy atom. The van der Waals surface area contributed by atoms with E-state index in [9.17, 15) is 0 Å². The van der Waals surface area contributed by atoms with Crippen molar-refractivity contribution >= 4 is 5.82 Å². The van der Waals surface area contributed by atoms with Gasteiger partial charge in [0.1, 0.15) is 0 Å². The van der Waals surface area contributed by atoms with Crippen LogP contribution in [0.4, 0.5) is 5.82 Å². The van der Waals surface area contributed by atoms with Crippen molar-refractivity contribution in [2.75, 3.05) is 5.32 Å². The van der Waals surface area contributed by atoms with E-state index in [1.165, 1.54) is 0 Å². The highest BCUT2D eigenvalue weighted by Gasteiger charge is 2.13. The number of pyridine rings is 1. The summed E-state index contributed by atoms with van der Waals surface area (Å²) >= 11 is 0. The first kappa shape index (κ1) is 13.8. The molecule has 0 spiro atoms. The fourth-order valence-corrected chi connectivity index (χ4v) is 1.56. The maximum atomic E-state index is 5.73. The van der Waals surface area contributed by atoms with E-state index in [1.54, 1.807) is 6.20 Å². The number of ether oxygens (including phenoxy) is 1. The number of nitrogens with zero attached hydrogens (tertiary/aromatic N) is 1. The van der Waals surface area contributed by atoms with Gasteiger partial charge in [0, 0.05) is 12.2 Å². The average Bonchev–Trinajstić information content (AvgIpc) is 2.29. The third kappa shape index (κ3) is 4.25. The second-order valence-corrected chi connectivity index (χ2v) is 4.84. The van der Waals surface area contributed by atoms with E-state index in [0.717, 1.165) is 18.0 Å². The largest absolute Gasteiger partial charge is 0.487 e. The monoisotopic (exact) mass is 236 g/mol. The van der Waals surface area contributed by atoms with Crippen LogP contribution in [-0.4, -0.2) is 17.1 Å². The molecule has 3 nitrogen and oxygen atoms in total. The molecule has 2 atom stereocenters. The minimum atomic E-state index is 0.165. The lowest BCUT2D eigenvalue weighted by atomic mass is 10.0. The molecule has 1 rings (SSSR count). The molecule has 3 heteroatoms. The van der Waals surface area contributed by atoms with Crippen LogP contribution < -0.4 is 10.1 Å². The van der Waals surface area contributed by atoms with Gasteiger partial charge in [0.15, 0.2) is 11.6 Å². The van der Waals surface area contributed by atoms with Crippen molar-refractivity contribution in [2.45, 2.75) is 53.2 Å². The number of aromatic nitrogens is 1. The molecule has 1 N–H and O–H groups in total. The highest BCUT2D eigenvalue weighted by molar-refractivity contribution is 5.50. The fourth-order valence-electron chi connectivity index (χ4n) is 1.56. The minimum Gasteiger partial charge on any atom is -0.487 e. The standard InChI is InChI=1S/C14H24N2O/c1-6-11(4)12(5)16-14-13(17-10(2)3)8-7-9-15-14/h7-12H,6H2,1-5H3,(H,15,16). The Kier molecular flexibility index (Phi) is 5.26. The molecule has 0 aliphatic rings. The summed E-state index contributed by atoms with van der Waals surface area (Å²) in [5.74, 6) is 2.29. The second kappa shape index (κ2) is 6.48. The molecular weight excluding hydrogens is 212 g/mol. The van der Waals surface area contributed by atoms with E-state index in [-0.39, 0.29) is 6.10 Å². The highest BCUT2D eigenvalue weighted by Crippen LogP contribution is 2.24. The zero-order valence-electron chi connectivity index (χ0n) is 11.5. The topological polar surface area (TPSA) is 34.2 Å². The lowest BCUT2D eigenvalue weighted by Gasteiger charge is -2.22. The quantitative estimate of drug-likeness (QED) is 0.817. The summed E-state index contributed by atoms with van der Waals surface area (Å²) in [6.45, 7) is 10.7. The number of nitrogens with one attached hydrogen (secondary N) is 1. The Balaban J connectivity index is 2.76. The van der Waals surface area contributed by atoms with Crippen molar-refractivity contribution in [1.29, 1.82) is 0 Å². The van der Waals surface area contributed by atoms with E-state index in [1.807, 2.05) is 26.0 Å². The lowest BCUT2D eigenvalue weighted by Crippen LogP contribution is -2.24. The van der Waals surface area contributed by atoms with Crippen molar-refractivity contribution in [3.8, 4) is 5.75 Å². The summed E-state index contributed by atoms with van der Waals surface area (Å²) in [5.41, 5.74) is 0. The van der Waals surface area contributed by atoms with Crippen molar-refractivity contribution in [1.82, 2.24) is 4.98 Å². The maximum absolute atomic E-state index is 5.73. The molecule has 1 aromatic heterocycles. The van der Waals surface area contributed by atoms with Gasteiger partial charge in [-0.05, 0) is 38.8 Å². The molecular formula is C14H24N2O. The summed E-state index contributed by atoms with van der Waals surface area (Å²) in [5, 5.41) is 3.43. The molecule has 0 aromatic carbocycles. The van der Waals surface area contributed by atoms with E-state index >= 15 is 0 Å². The zero-order chi connectivity index (χ0) is 12.8. The van der Waals surface area contributed by atoms with Crippen LogP contribution in [0.25, 0.3) is 0 Å². The highest BCUT2D eigenvalue weighted by atomic mass is 16.5. The van der Waals surface area contributed by atoms with Crippen molar-refractivity contribution < 1.29 is 4.74 Å². The van der Waals surface area contributed by atoms with Gasteiger partial charge in [-0.15, -0.1) is 0 Å². The van der Waals surface area contributed by atoms with Crippen LogP contribution in [0.3, 0.4) is 0 Å². The summed E-state index contributed by atoms with van der Waals surface area (Å²) in [4.78, 5) is 4.35. The maximum Gasteiger partial charge on any atom is 0.168 e. The van der Waals surface area contributed by atoms with Gasteiger partial charge in [0.05, 0.1) is 6.10 Å². The Labute approximate surface area is 105 Å². The summed E-state index contributed by atoms with van der Waals surface area (Å²) in [6, 6.07) is 4.25. The number of anilines is 1. The Morgan fingerprint density at radius 3 is 2.59 bits per heavy atom. The molecule has 0 aliphatic carbocycles. The molecule has 1 aromatic rings. The van der Waals surface area contributed by atoms with Gasteiger partial charge in [-0.2, -0.15) is 0 Å². The molecule has 0 saturated carbocycles. The van der Waals surface area contributed by atoms with Gasteiger partial charge in [-0.3, -0.25) is 0 Å². The van der Waals surface area contributed by atoms with Crippen LogP contribution in [-0.2, 0) is 0 Å². The molecule has 0 saturated heterocycles. The van der Waals surface area contributed by atoms with Crippen LogP contribution in [0.5, 0.6) is 5.75 Å². The van der Waals surface area contributed by atoms with Crippen LogP contribution in [0.2, 0.25) is 0 Å². The predicted octanol–water partition coefficient (Wildman–Crippen LogP) is 3.72. The van der Waals surface area contributed by atoms with Gasteiger partial charge >= 0.3 is 0 Å². The van der Waals surface area contributed by atoms with Gasteiger partial charge < -0.3 is 10.1 Å². The summed E-state index contributed by atoms with van der Waals surface area (Å²) in [7, 11) is 0. The first-order chi connectivity index (χ1) is 8.04. The minimum absolute atomic E-state index is 0.165. The van der Waals surface area contributed by atoms with E-state index in [2.05, 4.69) is 31.1 Å². The third-order valence-electron chi connectivity index (χ3n) is 3.00. The molecule has 0 bridgehead atoms. The van der Waals surface area contributed by atoms with Crippen molar-refractivity contribution in [2.24, 2.45) is 5.92 Å². The van der Waals surface area contributed by atoms with Gasteiger partial charge in [0.25, 0.3) is 0 Å². The number of hydrogen-bond acceptors (Lipinski definition) is 3. The first-order valence-electron chi connectivity index (χ1n) is 6.42. The van der Waals surface area contributed by atoms with Crippen LogP contribution >= 0.6 is 0 Å². The lowest BCUT2D eigenvalue weighted by molar-refractivity contribution is 0.242.